The van der Waals surface area contributed by atoms with Crippen LogP contribution in [-0.4, -0.2) is 19.2 Å². The van der Waals surface area contributed by atoms with Crippen molar-refractivity contribution in [1.82, 2.24) is 5.32 Å². The van der Waals surface area contributed by atoms with Gasteiger partial charge in [-0.3, -0.25) is 0 Å². The van der Waals surface area contributed by atoms with E-state index in [2.05, 4.69) is 5.32 Å². The van der Waals surface area contributed by atoms with Crippen LogP contribution in [0, 0.1) is 10.8 Å². The summed E-state index contributed by atoms with van der Waals surface area (Å²) in [6, 6.07) is 9.77. The van der Waals surface area contributed by atoms with Gasteiger partial charge < -0.3 is 15.8 Å². The van der Waals surface area contributed by atoms with Crippen LogP contribution >= 0.6 is 0 Å². The van der Waals surface area contributed by atoms with Crippen LogP contribution < -0.4 is 11.1 Å². The number of nitrogens with two attached hydrogens (primary N) is 1. The largest absolute Gasteiger partial charge is 0.445 e. The Labute approximate surface area is 132 Å². The highest BCUT2D eigenvalue weighted by Crippen LogP contribution is 2.56. The summed E-state index contributed by atoms with van der Waals surface area (Å²) in [5.74, 6) is 0. The zero-order valence-electron chi connectivity index (χ0n) is 13.1. The Balaban J connectivity index is 1.44. The van der Waals surface area contributed by atoms with E-state index < -0.39 is 0 Å². The maximum absolute atomic E-state index is 11.9. The van der Waals surface area contributed by atoms with Crippen molar-refractivity contribution in [3.8, 4) is 0 Å². The summed E-state index contributed by atoms with van der Waals surface area (Å²) in [6.07, 6.45) is 6.88. The molecule has 2 bridgehead atoms. The van der Waals surface area contributed by atoms with Crippen LogP contribution in [0.2, 0.25) is 0 Å². The SMILES string of the molecule is NCC12CCC(CNC(=O)OCc3ccccc3)(CC1)CC2. The van der Waals surface area contributed by atoms with E-state index in [9.17, 15) is 4.79 Å². The van der Waals surface area contributed by atoms with Gasteiger partial charge in [-0.15, -0.1) is 0 Å². The Kier molecular flexibility index (Phi) is 4.39. The molecular formula is C18H26N2O2. The summed E-state index contributed by atoms with van der Waals surface area (Å²) in [5, 5.41) is 2.98. The minimum Gasteiger partial charge on any atom is -0.445 e. The molecule has 3 fully saturated rings. The standard InChI is InChI=1S/C18H26N2O2/c19-13-17-6-9-18(10-7-17,11-8-17)14-20-16(21)22-12-15-4-2-1-3-5-15/h1-5H,6-14,19H2,(H,20,21). The Bertz CT molecular complexity index is 491. The van der Waals surface area contributed by atoms with Crippen LogP contribution in [0.1, 0.15) is 44.1 Å². The van der Waals surface area contributed by atoms with Crippen molar-refractivity contribution >= 4 is 6.09 Å². The fourth-order valence-corrected chi connectivity index (χ4v) is 3.95. The van der Waals surface area contributed by atoms with Crippen molar-refractivity contribution in [2.24, 2.45) is 16.6 Å². The number of carbonyl (C=O) groups is 1. The van der Waals surface area contributed by atoms with Crippen LogP contribution in [0.15, 0.2) is 30.3 Å². The third-order valence-electron chi connectivity index (χ3n) is 5.81. The number of benzene rings is 1. The highest BCUT2D eigenvalue weighted by Gasteiger charge is 2.47. The van der Waals surface area contributed by atoms with Crippen LogP contribution in [0.3, 0.4) is 0 Å². The van der Waals surface area contributed by atoms with Gasteiger partial charge in [-0.2, -0.15) is 0 Å². The molecule has 0 unspecified atom stereocenters. The first-order chi connectivity index (χ1) is 10.7. The Morgan fingerprint density at radius 3 is 2.23 bits per heavy atom. The molecule has 0 atom stereocenters. The average molecular weight is 302 g/mol. The molecule has 1 aromatic carbocycles. The van der Waals surface area contributed by atoms with Crippen molar-refractivity contribution in [2.75, 3.05) is 13.1 Å². The number of hydrogen-bond acceptors (Lipinski definition) is 3. The van der Waals surface area contributed by atoms with Gasteiger partial charge >= 0.3 is 6.09 Å². The number of ether oxygens (including phenoxy) is 1. The van der Waals surface area contributed by atoms with Crippen LogP contribution in [0.5, 0.6) is 0 Å². The van der Waals surface area contributed by atoms with E-state index in [0.29, 0.717) is 12.0 Å². The molecule has 3 aliphatic rings. The van der Waals surface area contributed by atoms with Crippen molar-refractivity contribution in [3.05, 3.63) is 35.9 Å². The van der Waals surface area contributed by atoms with E-state index in [0.717, 1.165) is 18.7 Å². The number of alkyl carbamates (subject to hydrolysis) is 1. The maximum atomic E-state index is 11.9. The zero-order valence-corrected chi connectivity index (χ0v) is 13.1. The van der Waals surface area contributed by atoms with Gasteiger partial charge in [0.15, 0.2) is 0 Å². The molecule has 1 amide bonds. The number of nitrogens with one attached hydrogen (secondary N) is 1. The molecule has 3 N–H and O–H groups in total. The van der Waals surface area contributed by atoms with E-state index >= 15 is 0 Å². The first kappa shape index (κ1) is 15.3. The molecule has 3 saturated carbocycles. The first-order valence-corrected chi connectivity index (χ1v) is 8.30. The Morgan fingerprint density at radius 2 is 1.64 bits per heavy atom. The van der Waals surface area contributed by atoms with Gasteiger partial charge in [-0.05, 0) is 61.5 Å². The molecule has 4 heteroatoms. The number of hydrogen-bond donors (Lipinski definition) is 2. The van der Waals surface area contributed by atoms with E-state index in [-0.39, 0.29) is 11.5 Å². The molecule has 0 saturated heterocycles. The molecule has 0 aromatic heterocycles. The van der Waals surface area contributed by atoms with Crippen molar-refractivity contribution < 1.29 is 9.53 Å². The van der Waals surface area contributed by atoms with Gasteiger partial charge in [0, 0.05) is 6.54 Å². The predicted octanol–water partition coefficient (Wildman–Crippen LogP) is 3.21. The van der Waals surface area contributed by atoms with Gasteiger partial charge in [-0.25, -0.2) is 4.79 Å². The molecule has 0 aliphatic heterocycles. The second-order valence-corrected chi connectivity index (χ2v) is 7.12. The third-order valence-corrected chi connectivity index (χ3v) is 5.81. The number of carbonyl (C=O) groups excluding carboxylic acids is 1. The lowest BCUT2D eigenvalue weighted by molar-refractivity contribution is -0.00250. The predicted molar refractivity (Wildman–Crippen MR) is 86.3 cm³/mol. The minimum atomic E-state index is -0.306. The maximum Gasteiger partial charge on any atom is 0.407 e. The summed E-state index contributed by atoms with van der Waals surface area (Å²) in [6.45, 7) is 1.88. The van der Waals surface area contributed by atoms with E-state index in [1.54, 1.807) is 0 Å². The Hall–Kier alpha value is -1.55. The smallest absolute Gasteiger partial charge is 0.407 e. The monoisotopic (exact) mass is 302 g/mol. The summed E-state index contributed by atoms with van der Waals surface area (Å²) >= 11 is 0. The van der Waals surface area contributed by atoms with Crippen molar-refractivity contribution in [3.63, 3.8) is 0 Å². The second-order valence-electron chi connectivity index (χ2n) is 7.12. The molecule has 120 valence electrons. The van der Waals surface area contributed by atoms with Gasteiger partial charge in [0.05, 0.1) is 0 Å². The highest BCUT2D eigenvalue weighted by molar-refractivity contribution is 5.67. The zero-order chi connectivity index (χ0) is 15.5. The van der Waals surface area contributed by atoms with Gasteiger partial charge in [0.25, 0.3) is 0 Å². The molecular weight excluding hydrogens is 276 g/mol. The number of rotatable bonds is 5. The lowest BCUT2D eigenvalue weighted by Gasteiger charge is -2.53. The topological polar surface area (TPSA) is 64.3 Å². The molecule has 0 heterocycles. The molecule has 3 aliphatic carbocycles. The van der Waals surface area contributed by atoms with E-state index in [1.807, 2.05) is 30.3 Å². The fourth-order valence-electron chi connectivity index (χ4n) is 3.95. The van der Waals surface area contributed by atoms with Crippen molar-refractivity contribution in [1.29, 1.82) is 0 Å². The van der Waals surface area contributed by atoms with Gasteiger partial charge in [0.2, 0.25) is 0 Å². The molecule has 4 rings (SSSR count). The lowest BCUT2D eigenvalue weighted by atomic mass is 9.54. The van der Waals surface area contributed by atoms with Gasteiger partial charge in [-0.1, -0.05) is 30.3 Å². The fraction of sp³-hybridized carbons (Fsp3) is 0.611. The minimum absolute atomic E-state index is 0.280. The first-order valence-electron chi connectivity index (χ1n) is 8.30. The quantitative estimate of drug-likeness (QED) is 0.878. The normalized spacial score (nSPS) is 30.0. The van der Waals surface area contributed by atoms with E-state index in [4.69, 9.17) is 10.5 Å². The second kappa shape index (κ2) is 6.29. The molecule has 22 heavy (non-hydrogen) atoms. The van der Waals surface area contributed by atoms with Crippen LogP contribution in [0.4, 0.5) is 4.79 Å². The highest BCUT2D eigenvalue weighted by atomic mass is 16.5. The third kappa shape index (κ3) is 3.27. The lowest BCUT2D eigenvalue weighted by Crippen LogP contribution is -2.49. The van der Waals surface area contributed by atoms with Crippen LogP contribution in [-0.2, 0) is 11.3 Å². The average Bonchev–Trinajstić information content (AvgIpc) is 2.61. The molecule has 0 spiro atoms. The summed E-state index contributed by atoms with van der Waals surface area (Å²) in [7, 11) is 0. The Morgan fingerprint density at radius 1 is 1.05 bits per heavy atom. The molecule has 0 radical (unpaired) electrons. The van der Waals surface area contributed by atoms with Gasteiger partial charge in [0.1, 0.15) is 6.61 Å². The number of amides is 1. The van der Waals surface area contributed by atoms with E-state index in [1.165, 1.54) is 38.5 Å². The van der Waals surface area contributed by atoms with Crippen molar-refractivity contribution in [2.45, 2.75) is 45.1 Å². The summed E-state index contributed by atoms with van der Waals surface area (Å²) in [4.78, 5) is 11.9. The molecule has 4 nitrogen and oxygen atoms in total. The molecule has 1 aromatic rings. The summed E-state index contributed by atoms with van der Waals surface area (Å²) in [5.41, 5.74) is 7.64. The summed E-state index contributed by atoms with van der Waals surface area (Å²) < 4.78 is 5.29. The van der Waals surface area contributed by atoms with Crippen LogP contribution in [0.25, 0.3) is 0 Å². The number of fused-ring (bicyclic) bond motifs is 3.